The smallest absolute Gasteiger partial charge is 0.275 e. The minimum absolute atomic E-state index is 0.212. The van der Waals surface area contributed by atoms with Crippen LogP contribution in [0.25, 0.3) is 5.69 Å². The molecule has 2 rings (SSSR count). The minimum Gasteiger partial charge on any atom is -0.275 e. The first-order chi connectivity index (χ1) is 10.5. The van der Waals surface area contributed by atoms with Crippen LogP contribution in [0.2, 0.25) is 0 Å². The summed E-state index contributed by atoms with van der Waals surface area (Å²) >= 11 is 0. The van der Waals surface area contributed by atoms with Gasteiger partial charge in [0.05, 0.1) is 12.2 Å². The Morgan fingerprint density at radius 1 is 1.32 bits per heavy atom. The Balaban J connectivity index is 2.68. The lowest BCUT2D eigenvalue weighted by Gasteiger charge is -2.19. The molecule has 0 fully saturated rings. The number of anilines is 1. The van der Waals surface area contributed by atoms with Crippen LogP contribution in [-0.4, -0.2) is 21.1 Å². The molecule has 2 N–H and O–H groups in total. The molecule has 1 aromatic carbocycles. The second-order valence-corrected chi connectivity index (χ2v) is 5.09. The van der Waals surface area contributed by atoms with Gasteiger partial charge in [-0.1, -0.05) is 31.2 Å². The summed E-state index contributed by atoms with van der Waals surface area (Å²) in [6, 6.07) is 5.90. The normalized spacial score (nSPS) is 10.5. The van der Waals surface area contributed by atoms with E-state index in [0.717, 1.165) is 16.8 Å². The molecule has 0 saturated heterocycles. The number of para-hydroxylation sites is 1. The van der Waals surface area contributed by atoms with E-state index in [1.54, 1.807) is 10.6 Å². The number of aromatic nitrogens is 3. The van der Waals surface area contributed by atoms with Gasteiger partial charge in [-0.05, 0) is 25.0 Å². The van der Waals surface area contributed by atoms with Gasteiger partial charge in [-0.3, -0.25) is 5.01 Å². The lowest BCUT2D eigenvalue weighted by molar-refractivity contribution is 0.735. The molecule has 0 amide bonds. The van der Waals surface area contributed by atoms with Gasteiger partial charge in [-0.25, -0.2) is 15.2 Å². The molecular weight excluding hydrogens is 278 g/mol. The third-order valence-corrected chi connectivity index (χ3v) is 3.44. The van der Waals surface area contributed by atoms with Crippen molar-refractivity contribution in [1.82, 2.24) is 14.5 Å². The lowest BCUT2D eigenvalue weighted by Crippen LogP contribution is -2.37. The van der Waals surface area contributed by atoms with E-state index < -0.39 is 0 Å². The Labute approximate surface area is 129 Å². The van der Waals surface area contributed by atoms with E-state index in [9.17, 15) is 4.79 Å². The molecule has 0 aliphatic carbocycles. The Hall–Kier alpha value is -2.47. The molecular formula is C16H21N5O. The zero-order chi connectivity index (χ0) is 16.3. The van der Waals surface area contributed by atoms with Crippen molar-refractivity contribution in [3.05, 3.63) is 58.3 Å². The van der Waals surface area contributed by atoms with Gasteiger partial charge in [-0.15, -0.1) is 6.58 Å². The highest BCUT2D eigenvalue weighted by Crippen LogP contribution is 2.19. The molecule has 0 unspecified atom stereocenters. The van der Waals surface area contributed by atoms with Crippen LogP contribution in [0.4, 0.5) is 5.95 Å². The van der Waals surface area contributed by atoms with E-state index in [4.69, 9.17) is 5.84 Å². The van der Waals surface area contributed by atoms with Crippen LogP contribution in [0.1, 0.15) is 23.9 Å². The minimum atomic E-state index is -0.376. The van der Waals surface area contributed by atoms with Crippen LogP contribution in [0, 0.1) is 13.8 Å². The van der Waals surface area contributed by atoms with Crippen molar-refractivity contribution in [1.29, 1.82) is 0 Å². The molecule has 6 nitrogen and oxygen atoms in total. The first-order valence-corrected chi connectivity index (χ1v) is 7.19. The van der Waals surface area contributed by atoms with Gasteiger partial charge in [0.2, 0.25) is 5.95 Å². The molecule has 0 bridgehead atoms. The average Bonchev–Trinajstić information content (AvgIpc) is 2.48. The Morgan fingerprint density at radius 2 is 1.95 bits per heavy atom. The third kappa shape index (κ3) is 2.92. The molecule has 0 spiro atoms. The van der Waals surface area contributed by atoms with Crippen LogP contribution in [-0.2, 0) is 6.42 Å². The third-order valence-electron chi connectivity index (χ3n) is 3.44. The van der Waals surface area contributed by atoms with Crippen molar-refractivity contribution in [2.45, 2.75) is 27.2 Å². The number of benzene rings is 1. The van der Waals surface area contributed by atoms with Gasteiger partial charge in [-0.2, -0.15) is 9.97 Å². The van der Waals surface area contributed by atoms with Gasteiger partial charge in [0, 0.05) is 6.42 Å². The number of aryl methyl sites for hydroxylation is 3. The summed E-state index contributed by atoms with van der Waals surface area (Å²) < 4.78 is 1.57. The monoisotopic (exact) mass is 299 g/mol. The summed E-state index contributed by atoms with van der Waals surface area (Å²) in [4.78, 5) is 21.0. The van der Waals surface area contributed by atoms with Crippen molar-refractivity contribution in [3.8, 4) is 5.69 Å². The molecule has 2 aromatic rings. The largest absolute Gasteiger partial charge is 0.356 e. The molecule has 0 saturated carbocycles. The van der Waals surface area contributed by atoms with E-state index in [1.807, 2.05) is 39.0 Å². The highest BCUT2D eigenvalue weighted by molar-refractivity contribution is 5.48. The van der Waals surface area contributed by atoms with Crippen molar-refractivity contribution in [3.63, 3.8) is 0 Å². The maximum atomic E-state index is 12.5. The molecule has 22 heavy (non-hydrogen) atoms. The van der Waals surface area contributed by atoms with Gasteiger partial charge in [0.15, 0.2) is 0 Å². The maximum Gasteiger partial charge on any atom is 0.356 e. The predicted octanol–water partition coefficient (Wildman–Crippen LogP) is 1.67. The summed E-state index contributed by atoms with van der Waals surface area (Å²) in [7, 11) is 0. The standard InChI is InChI=1S/C16H21N5O/c1-5-10-20(17)15-18-13(6-2)21(16(22)19-15)14-11(3)8-7-9-12(14)4/h5,7-9H,1,6,10,17H2,2-4H3. The maximum absolute atomic E-state index is 12.5. The second kappa shape index (κ2) is 6.53. The van der Waals surface area contributed by atoms with Gasteiger partial charge >= 0.3 is 5.69 Å². The molecule has 1 aromatic heterocycles. The zero-order valence-corrected chi connectivity index (χ0v) is 13.2. The summed E-state index contributed by atoms with van der Waals surface area (Å²) in [5.41, 5.74) is 2.47. The lowest BCUT2D eigenvalue weighted by atomic mass is 10.1. The van der Waals surface area contributed by atoms with Crippen LogP contribution >= 0.6 is 0 Å². The fourth-order valence-corrected chi connectivity index (χ4v) is 2.41. The van der Waals surface area contributed by atoms with Crippen LogP contribution in [0.5, 0.6) is 0 Å². The number of hydrogen-bond donors (Lipinski definition) is 1. The molecule has 0 radical (unpaired) electrons. The zero-order valence-electron chi connectivity index (χ0n) is 13.2. The van der Waals surface area contributed by atoms with Crippen molar-refractivity contribution >= 4 is 5.95 Å². The SMILES string of the molecule is C=CCN(N)c1nc(CC)n(-c2c(C)cccc2C)c(=O)n1. The van der Waals surface area contributed by atoms with E-state index in [0.29, 0.717) is 18.8 Å². The average molecular weight is 299 g/mol. The van der Waals surface area contributed by atoms with Gasteiger partial charge in [0.25, 0.3) is 0 Å². The molecule has 1 heterocycles. The van der Waals surface area contributed by atoms with E-state index >= 15 is 0 Å². The summed E-state index contributed by atoms with van der Waals surface area (Å²) in [6.45, 7) is 9.87. The summed E-state index contributed by atoms with van der Waals surface area (Å²) in [5.74, 6) is 6.68. The predicted molar refractivity (Wildman–Crippen MR) is 88.2 cm³/mol. The Morgan fingerprint density at radius 3 is 2.50 bits per heavy atom. The number of rotatable bonds is 5. The van der Waals surface area contributed by atoms with Gasteiger partial charge in [0.1, 0.15) is 5.82 Å². The van der Waals surface area contributed by atoms with E-state index in [1.165, 1.54) is 5.01 Å². The topological polar surface area (TPSA) is 77.0 Å². The highest BCUT2D eigenvalue weighted by Gasteiger charge is 2.15. The van der Waals surface area contributed by atoms with Crippen molar-refractivity contribution in [2.75, 3.05) is 11.6 Å². The molecule has 6 heteroatoms. The van der Waals surface area contributed by atoms with E-state index in [-0.39, 0.29) is 11.6 Å². The Kier molecular flexibility index (Phi) is 4.72. The summed E-state index contributed by atoms with van der Waals surface area (Å²) in [5, 5.41) is 1.31. The molecule has 0 atom stereocenters. The fraction of sp³-hybridized carbons (Fsp3) is 0.312. The van der Waals surface area contributed by atoms with Crippen LogP contribution < -0.4 is 16.5 Å². The first kappa shape index (κ1) is 15.9. The fourth-order valence-electron chi connectivity index (χ4n) is 2.41. The Bertz CT molecular complexity index is 730. The van der Waals surface area contributed by atoms with Gasteiger partial charge < -0.3 is 0 Å². The number of nitrogens with zero attached hydrogens (tertiary/aromatic N) is 4. The summed E-state index contributed by atoms with van der Waals surface area (Å²) in [6.07, 6.45) is 2.23. The highest BCUT2D eigenvalue weighted by atomic mass is 16.1. The number of hydrazine groups is 1. The number of hydrogen-bond acceptors (Lipinski definition) is 5. The molecule has 116 valence electrons. The van der Waals surface area contributed by atoms with E-state index in [2.05, 4.69) is 16.5 Å². The van der Waals surface area contributed by atoms with Crippen LogP contribution in [0.15, 0.2) is 35.6 Å². The first-order valence-electron chi connectivity index (χ1n) is 7.19. The quantitative estimate of drug-likeness (QED) is 0.516. The number of nitrogens with two attached hydrogens (primary N) is 1. The van der Waals surface area contributed by atoms with Crippen molar-refractivity contribution < 1.29 is 0 Å². The van der Waals surface area contributed by atoms with Crippen LogP contribution in [0.3, 0.4) is 0 Å². The van der Waals surface area contributed by atoms with Crippen molar-refractivity contribution in [2.24, 2.45) is 5.84 Å². The molecule has 0 aliphatic heterocycles. The molecule has 0 aliphatic rings. The second-order valence-electron chi connectivity index (χ2n) is 5.09.